The number of aliphatic hydroxyl groups excluding tert-OH is 1. The Morgan fingerprint density at radius 2 is 0.730 bits per heavy atom. The lowest BCUT2D eigenvalue weighted by Crippen LogP contribution is -2.30. The molecule has 0 radical (unpaired) electrons. The number of phosphoric ester groups is 1. The van der Waals surface area contributed by atoms with Crippen LogP contribution in [0.4, 0.5) is 0 Å². The van der Waals surface area contributed by atoms with Crippen molar-refractivity contribution in [2.75, 3.05) is 26.4 Å². The van der Waals surface area contributed by atoms with Crippen molar-refractivity contribution in [1.29, 1.82) is 0 Å². The first kappa shape index (κ1) is 70.4. The highest BCUT2D eigenvalue weighted by atomic mass is 31.2. The summed E-state index contributed by atoms with van der Waals surface area (Å²) in [5, 5.41) is 9.81. The fraction of sp³-hybridized carbons (Fsp3) is 0.694. The number of hydrogen-bond donors (Lipinski definition) is 2. The van der Waals surface area contributed by atoms with E-state index >= 15 is 0 Å². The van der Waals surface area contributed by atoms with Crippen LogP contribution in [0.5, 0.6) is 0 Å². The molecule has 0 aliphatic heterocycles. The van der Waals surface area contributed by atoms with E-state index < -0.39 is 57.8 Å². The predicted molar refractivity (Wildman–Crippen MR) is 307 cm³/mol. The maximum atomic E-state index is 12.9. The molecule has 0 aromatic carbocycles. The summed E-state index contributed by atoms with van der Waals surface area (Å²) in [6, 6.07) is 0. The number of aliphatic hydroxyl groups is 1. The molecule has 12 heteroatoms. The van der Waals surface area contributed by atoms with Crippen molar-refractivity contribution in [3.8, 4) is 0 Å². The van der Waals surface area contributed by atoms with Gasteiger partial charge in [0.25, 0.3) is 0 Å². The zero-order valence-electron chi connectivity index (χ0n) is 46.8. The summed E-state index contributed by atoms with van der Waals surface area (Å²) in [6.07, 6.45) is 65.0. The molecule has 0 aliphatic carbocycles. The molecule has 3 unspecified atom stereocenters. The standard InChI is InChI=1S/C62H105O11P/c1-4-7-10-13-16-19-22-25-27-29-31-34-36-39-42-45-48-51-60(64)69-55-59(73-62(66)53-50-47-44-41-38-35-32-30-28-26-23-20-17-14-11-8-5-2)57-71-74(67,68)70-56-58(54-63)72-61(65)52-49-46-43-40-37-33-24-21-18-15-12-9-6-3/h8,11-12,15-17,19-21,24-28,32,35,58-59,63H,4-7,9-10,13-14,18,22-23,29-31,33-34,36-57H2,1-3H3,(H,67,68)/b11-8-,15-12-,19-16-,20-17-,24-21-,27-25-,28-26-,35-32-. The molecule has 0 heterocycles. The molecular weight excluding hydrogens is 952 g/mol. The molecule has 0 amide bonds. The highest BCUT2D eigenvalue weighted by molar-refractivity contribution is 7.47. The fourth-order valence-electron chi connectivity index (χ4n) is 7.53. The van der Waals surface area contributed by atoms with E-state index in [0.29, 0.717) is 19.3 Å². The first-order valence-electron chi connectivity index (χ1n) is 29.1. The van der Waals surface area contributed by atoms with E-state index in [4.69, 9.17) is 23.3 Å². The molecule has 0 aromatic rings. The van der Waals surface area contributed by atoms with Gasteiger partial charge >= 0.3 is 25.7 Å². The van der Waals surface area contributed by atoms with Crippen LogP contribution in [0.25, 0.3) is 0 Å². The van der Waals surface area contributed by atoms with E-state index in [-0.39, 0.29) is 25.9 Å². The third-order valence-corrected chi connectivity index (χ3v) is 12.9. The smallest absolute Gasteiger partial charge is 0.462 e. The third-order valence-electron chi connectivity index (χ3n) is 11.9. The summed E-state index contributed by atoms with van der Waals surface area (Å²) in [6.45, 7) is 4.39. The van der Waals surface area contributed by atoms with Crippen LogP contribution in [-0.4, -0.2) is 66.5 Å². The summed E-state index contributed by atoms with van der Waals surface area (Å²) in [7, 11) is -4.76. The number of allylic oxidation sites excluding steroid dienone is 16. The van der Waals surface area contributed by atoms with Crippen molar-refractivity contribution in [1.82, 2.24) is 0 Å². The minimum absolute atomic E-state index is 0.133. The van der Waals surface area contributed by atoms with E-state index in [1.807, 2.05) is 0 Å². The van der Waals surface area contributed by atoms with E-state index in [1.54, 1.807) is 0 Å². The predicted octanol–water partition coefficient (Wildman–Crippen LogP) is 17.3. The second-order valence-electron chi connectivity index (χ2n) is 19.1. The van der Waals surface area contributed by atoms with Gasteiger partial charge in [-0.3, -0.25) is 23.4 Å². The minimum atomic E-state index is -4.76. The molecule has 0 spiro atoms. The second-order valence-corrected chi connectivity index (χ2v) is 20.5. The molecule has 0 bridgehead atoms. The van der Waals surface area contributed by atoms with Crippen LogP contribution in [-0.2, 0) is 42.2 Å². The first-order valence-corrected chi connectivity index (χ1v) is 30.6. The maximum absolute atomic E-state index is 12.9. The number of carbonyl (C=O) groups excluding carboxylic acids is 3. The molecular formula is C62H105O11P. The second kappa shape index (κ2) is 55.6. The normalized spacial score (nSPS) is 14.1. The molecule has 0 rings (SSSR count). The molecule has 11 nitrogen and oxygen atoms in total. The molecule has 0 saturated carbocycles. The lowest BCUT2D eigenvalue weighted by molar-refractivity contribution is -0.161. The number of carbonyl (C=O) groups is 3. The van der Waals surface area contributed by atoms with Crippen LogP contribution in [0.3, 0.4) is 0 Å². The van der Waals surface area contributed by atoms with E-state index in [1.165, 1.54) is 38.5 Å². The van der Waals surface area contributed by atoms with Crippen molar-refractivity contribution in [2.45, 2.75) is 251 Å². The van der Waals surface area contributed by atoms with E-state index in [0.717, 1.165) is 141 Å². The highest BCUT2D eigenvalue weighted by Crippen LogP contribution is 2.43. The Balaban J connectivity index is 4.80. The summed E-state index contributed by atoms with van der Waals surface area (Å²) in [5.41, 5.74) is 0. The quantitative estimate of drug-likeness (QED) is 0.0197. The van der Waals surface area contributed by atoms with Gasteiger partial charge in [-0.2, -0.15) is 0 Å². The Morgan fingerprint density at radius 3 is 1.14 bits per heavy atom. The van der Waals surface area contributed by atoms with Gasteiger partial charge in [-0.1, -0.05) is 201 Å². The van der Waals surface area contributed by atoms with Crippen molar-refractivity contribution in [2.24, 2.45) is 0 Å². The average molecular weight is 1060 g/mol. The number of hydrogen-bond acceptors (Lipinski definition) is 10. The van der Waals surface area contributed by atoms with Crippen LogP contribution in [0.15, 0.2) is 97.2 Å². The van der Waals surface area contributed by atoms with Crippen LogP contribution >= 0.6 is 7.82 Å². The lowest BCUT2D eigenvalue weighted by Gasteiger charge is -2.21. The van der Waals surface area contributed by atoms with Crippen molar-refractivity contribution in [3.05, 3.63) is 97.2 Å². The summed E-state index contributed by atoms with van der Waals surface area (Å²) in [4.78, 5) is 48.6. The Kier molecular flexibility index (Phi) is 52.9. The molecule has 2 N–H and O–H groups in total. The largest absolute Gasteiger partial charge is 0.472 e. The van der Waals surface area contributed by atoms with Gasteiger partial charge in [0.05, 0.1) is 19.8 Å². The molecule has 3 atom stereocenters. The number of phosphoric acid groups is 1. The number of unbranched alkanes of at least 4 members (excludes halogenated alkanes) is 20. The lowest BCUT2D eigenvalue weighted by atomic mass is 10.1. The SMILES string of the molecule is CC/C=C\C/C=C\C/C=C\C/C=C\CCCCCCC(=O)OC(COC(=O)CCCCCCCCC/C=C\C/C=C\CCCCC)COP(=O)(O)OCC(CO)OC(=O)CCCCCCC/C=C\C/C=C\CCC. The third kappa shape index (κ3) is 53.2. The van der Waals surface area contributed by atoms with Crippen molar-refractivity contribution >= 4 is 25.7 Å². The Bertz CT molecular complexity index is 1610. The van der Waals surface area contributed by atoms with E-state index in [9.17, 15) is 28.9 Å². The Labute approximate surface area is 451 Å². The number of esters is 3. The van der Waals surface area contributed by atoms with Gasteiger partial charge in [-0.15, -0.1) is 0 Å². The van der Waals surface area contributed by atoms with Gasteiger partial charge in [-0.05, 0) is 116 Å². The van der Waals surface area contributed by atoms with Gasteiger partial charge < -0.3 is 24.2 Å². The van der Waals surface area contributed by atoms with Gasteiger partial charge in [0, 0.05) is 19.3 Å². The molecule has 0 aliphatic rings. The molecule has 0 saturated heterocycles. The topological polar surface area (TPSA) is 155 Å². The first-order chi connectivity index (χ1) is 36.2. The molecule has 424 valence electrons. The van der Waals surface area contributed by atoms with Crippen LogP contribution < -0.4 is 0 Å². The van der Waals surface area contributed by atoms with Gasteiger partial charge in [-0.25, -0.2) is 4.57 Å². The summed E-state index contributed by atoms with van der Waals surface area (Å²) < 4.78 is 39.5. The zero-order chi connectivity index (χ0) is 54.1. The van der Waals surface area contributed by atoms with Crippen LogP contribution in [0, 0.1) is 0 Å². The van der Waals surface area contributed by atoms with Gasteiger partial charge in [0.15, 0.2) is 6.10 Å². The van der Waals surface area contributed by atoms with E-state index in [2.05, 4.69) is 118 Å². The van der Waals surface area contributed by atoms with Crippen molar-refractivity contribution in [3.63, 3.8) is 0 Å². The highest BCUT2D eigenvalue weighted by Gasteiger charge is 2.28. The van der Waals surface area contributed by atoms with Gasteiger partial charge in [0.2, 0.25) is 0 Å². The minimum Gasteiger partial charge on any atom is -0.462 e. The fourth-order valence-corrected chi connectivity index (χ4v) is 8.32. The summed E-state index contributed by atoms with van der Waals surface area (Å²) in [5.74, 6) is -1.52. The Morgan fingerprint density at radius 1 is 0.392 bits per heavy atom. The van der Waals surface area contributed by atoms with Gasteiger partial charge in [0.1, 0.15) is 12.7 Å². The van der Waals surface area contributed by atoms with Crippen LogP contribution in [0.2, 0.25) is 0 Å². The maximum Gasteiger partial charge on any atom is 0.472 e. The van der Waals surface area contributed by atoms with Crippen molar-refractivity contribution < 1.29 is 52.2 Å². The number of rotatable bonds is 53. The molecule has 0 fully saturated rings. The average Bonchev–Trinajstić information content (AvgIpc) is 3.39. The molecule has 0 aromatic heterocycles. The number of ether oxygens (including phenoxy) is 3. The zero-order valence-corrected chi connectivity index (χ0v) is 47.7. The van der Waals surface area contributed by atoms with Crippen LogP contribution in [0.1, 0.15) is 239 Å². The monoisotopic (exact) mass is 1060 g/mol. The Hall–Kier alpha value is -3.60. The molecule has 74 heavy (non-hydrogen) atoms. The summed E-state index contributed by atoms with van der Waals surface area (Å²) >= 11 is 0.